The second kappa shape index (κ2) is 7.03. The Hall–Kier alpha value is -2.10. The van der Waals surface area contributed by atoms with Gasteiger partial charge in [0.25, 0.3) is 0 Å². The molecule has 2 atom stereocenters. The van der Waals surface area contributed by atoms with Gasteiger partial charge in [0.1, 0.15) is 0 Å². The molecule has 1 heterocycles. The summed E-state index contributed by atoms with van der Waals surface area (Å²) >= 11 is 0. The summed E-state index contributed by atoms with van der Waals surface area (Å²) in [6, 6.07) is 14.8. The summed E-state index contributed by atoms with van der Waals surface area (Å²) in [4.78, 5) is 12.0. The zero-order chi connectivity index (χ0) is 18.0. The topological polar surface area (TPSA) is 55.8 Å². The summed E-state index contributed by atoms with van der Waals surface area (Å²) in [7, 11) is -1.94. The second-order valence-corrected chi connectivity index (χ2v) is 8.19. The molecule has 0 aliphatic carbocycles. The number of nitrogens with zero attached hydrogens (tertiary/aromatic N) is 1. The number of esters is 1. The highest BCUT2D eigenvalue weighted by Crippen LogP contribution is 2.62. The molecule has 6 heteroatoms. The number of carbonyl (C=O) groups excluding carboxylic acids is 1. The molecule has 0 saturated carbocycles. The number of ether oxygens (including phenoxy) is 1. The van der Waals surface area contributed by atoms with Crippen LogP contribution in [0.5, 0.6) is 0 Å². The normalized spacial score (nSPS) is 21.9. The van der Waals surface area contributed by atoms with E-state index >= 15 is 0 Å². The molecule has 3 rings (SSSR count). The number of benzene rings is 2. The fraction of sp³-hybridized carbons (Fsp3) is 0.316. The molecule has 2 aromatic rings. The van der Waals surface area contributed by atoms with Crippen LogP contribution in [0.1, 0.15) is 30.5 Å². The number of anilines is 1. The Kier molecular flexibility index (Phi) is 4.98. The largest absolute Gasteiger partial charge is 0.469 e. The summed E-state index contributed by atoms with van der Waals surface area (Å²) in [5.74, 6) is -0.344. The molecule has 2 aromatic carbocycles. The van der Waals surface area contributed by atoms with Crippen LogP contribution in [-0.2, 0) is 18.6 Å². The second-order valence-electron chi connectivity index (χ2n) is 5.98. The maximum atomic E-state index is 13.9. The number of fused-ring (bicyclic) bond motifs is 1. The van der Waals surface area contributed by atoms with Crippen LogP contribution in [0, 0.1) is 6.92 Å². The van der Waals surface area contributed by atoms with Crippen molar-refractivity contribution in [3.63, 3.8) is 0 Å². The monoisotopic (exact) mass is 359 g/mol. The van der Waals surface area contributed by atoms with Crippen molar-refractivity contribution >= 4 is 24.5 Å². The van der Waals surface area contributed by atoms with Gasteiger partial charge in [0.2, 0.25) is 0 Å². The van der Waals surface area contributed by atoms with Gasteiger partial charge in [-0.05, 0) is 37.6 Å². The maximum Gasteiger partial charge on any atom is 0.327 e. The molecule has 0 spiro atoms. The van der Waals surface area contributed by atoms with Crippen molar-refractivity contribution in [3.8, 4) is 0 Å². The van der Waals surface area contributed by atoms with E-state index in [1.54, 1.807) is 4.67 Å². The molecule has 2 unspecified atom stereocenters. The summed E-state index contributed by atoms with van der Waals surface area (Å²) in [6.07, 6.45) is 0.110. The average Bonchev–Trinajstić information content (AvgIpc) is 2.84. The molecule has 0 saturated heterocycles. The number of hydrogen-bond acceptors (Lipinski definition) is 4. The van der Waals surface area contributed by atoms with Crippen LogP contribution in [0.15, 0.2) is 48.5 Å². The van der Waals surface area contributed by atoms with E-state index in [0.717, 1.165) is 16.8 Å². The van der Waals surface area contributed by atoms with E-state index in [1.807, 2.05) is 62.4 Å². The van der Waals surface area contributed by atoms with Gasteiger partial charge < -0.3 is 9.26 Å². The Bertz CT molecular complexity index is 821. The van der Waals surface area contributed by atoms with Crippen molar-refractivity contribution in [2.24, 2.45) is 0 Å². The molecule has 132 valence electrons. The highest BCUT2D eigenvalue weighted by molar-refractivity contribution is 7.69. The van der Waals surface area contributed by atoms with Gasteiger partial charge in [0.15, 0.2) is 0 Å². The number of hydrogen-bond donors (Lipinski definition) is 0. The molecule has 0 aromatic heterocycles. The predicted octanol–water partition coefficient (Wildman–Crippen LogP) is 3.97. The Morgan fingerprint density at radius 1 is 1.20 bits per heavy atom. The first-order chi connectivity index (χ1) is 12.0. The van der Waals surface area contributed by atoms with Crippen molar-refractivity contribution in [2.45, 2.75) is 26.3 Å². The van der Waals surface area contributed by atoms with Crippen molar-refractivity contribution in [2.75, 3.05) is 18.4 Å². The molecule has 0 radical (unpaired) electrons. The fourth-order valence-electron chi connectivity index (χ4n) is 3.29. The smallest absolute Gasteiger partial charge is 0.327 e. The Morgan fingerprint density at radius 3 is 2.56 bits per heavy atom. The van der Waals surface area contributed by atoms with Gasteiger partial charge in [-0.2, -0.15) is 0 Å². The quantitative estimate of drug-likeness (QED) is 0.597. The standard InChI is InChI=1S/C19H22NO4P/c1-4-24-25(22)18-11-10-14(2)12-16(18)17(13-19(21)23-3)20(25)15-8-6-5-7-9-15/h5-12,17H,4,13H2,1-3H3. The lowest BCUT2D eigenvalue weighted by Crippen LogP contribution is -2.24. The molecule has 0 fully saturated rings. The SMILES string of the molecule is CCOP1(=O)c2ccc(C)cc2C(CC(=O)OC)N1c1ccccc1. The fourth-order valence-corrected chi connectivity index (χ4v) is 5.95. The minimum atomic E-state index is -3.31. The van der Waals surface area contributed by atoms with Gasteiger partial charge in [-0.1, -0.05) is 35.9 Å². The van der Waals surface area contributed by atoms with Gasteiger partial charge in [-0.25, -0.2) is 0 Å². The summed E-state index contributed by atoms with van der Waals surface area (Å²) in [6.45, 7) is 4.12. The summed E-state index contributed by atoms with van der Waals surface area (Å²) in [5.41, 5.74) is 2.68. The van der Waals surface area contributed by atoms with Gasteiger partial charge in [-0.3, -0.25) is 14.0 Å². The molecule has 1 aliphatic heterocycles. The van der Waals surface area contributed by atoms with Crippen molar-refractivity contribution in [1.29, 1.82) is 0 Å². The first kappa shape index (κ1) is 17.7. The molecule has 0 amide bonds. The third kappa shape index (κ3) is 3.10. The van der Waals surface area contributed by atoms with E-state index in [2.05, 4.69) is 0 Å². The van der Waals surface area contributed by atoms with Gasteiger partial charge in [0.05, 0.1) is 31.5 Å². The lowest BCUT2D eigenvalue weighted by molar-refractivity contribution is -0.141. The van der Waals surface area contributed by atoms with Crippen molar-refractivity contribution in [1.82, 2.24) is 0 Å². The Morgan fingerprint density at radius 2 is 1.92 bits per heavy atom. The van der Waals surface area contributed by atoms with Crippen LogP contribution < -0.4 is 9.97 Å². The first-order valence-electron chi connectivity index (χ1n) is 8.28. The van der Waals surface area contributed by atoms with Crippen molar-refractivity contribution in [3.05, 3.63) is 59.7 Å². The van der Waals surface area contributed by atoms with E-state index in [-0.39, 0.29) is 18.4 Å². The van der Waals surface area contributed by atoms with Gasteiger partial charge >= 0.3 is 13.5 Å². The predicted molar refractivity (Wildman–Crippen MR) is 98.3 cm³/mol. The van der Waals surface area contributed by atoms with Crippen LogP contribution in [0.25, 0.3) is 0 Å². The first-order valence-corrected chi connectivity index (χ1v) is 9.86. The summed E-state index contributed by atoms with van der Waals surface area (Å²) < 4.78 is 26.3. The van der Waals surface area contributed by atoms with E-state index in [1.165, 1.54) is 7.11 Å². The average molecular weight is 359 g/mol. The van der Waals surface area contributed by atoms with E-state index in [4.69, 9.17) is 9.26 Å². The van der Waals surface area contributed by atoms with Crippen LogP contribution in [-0.4, -0.2) is 19.7 Å². The van der Waals surface area contributed by atoms with Gasteiger partial charge in [0, 0.05) is 5.69 Å². The number of methoxy groups -OCH3 is 1. The number of para-hydroxylation sites is 1. The number of carbonyl (C=O) groups is 1. The van der Waals surface area contributed by atoms with E-state index in [9.17, 15) is 9.36 Å². The maximum absolute atomic E-state index is 13.9. The highest BCUT2D eigenvalue weighted by Gasteiger charge is 2.49. The zero-order valence-corrected chi connectivity index (χ0v) is 15.5. The molecular weight excluding hydrogens is 337 g/mol. The van der Waals surface area contributed by atoms with E-state index < -0.39 is 7.52 Å². The molecule has 0 N–H and O–H groups in total. The van der Waals surface area contributed by atoms with Crippen molar-refractivity contribution < 1.29 is 18.6 Å². The third-order valence-electron chi connectivity index (χ3n) is 4.34. The highest BCUT2D eigenvalue weighted by atomic mass is 31.2. The molecule has 1 aliphatic rings. The lowest BCUT2D eigenvalue weighted by atomic mass is 10.0. The van der Waals surface area contributed by atoms with Crippen LogP contribution in [0.3, 0.4) is 0 Å². The zero-order valence-electron chi connectivity index (χ0n) is 14.6. The Balaban J connectivity index is 2.20. The lowest BCUT2D eigenvalue weighted by Gasteiger charge is -2.31. The van der Waals surface area contributed by atoms with Gasteiger partial charge in [-0.15, -0.1) is 0 Å². The van der Waals surface area contributed by atoms with Crippen LogP contribution >= 0.6 is 7.52 Å². The number of rotatable bonds is 5. The molecule has 5 nitrogen and oxygen atoms in total. The van der Waals surface area contributed by atoms with E-state index in [0.29, 0.717) is 11.9 Å². The molecule has 0 bridgehead atoms. The summed E-state index contributed by atoms with van der Waals surface area (Å²) in [5, 5.41) is 0.665. The minimum Gasteiger partial charge on any atom is -0.469 e. The molecule has 25 heavy (non-hydrogen) atoms. The van der Waals surface area contributed by atoms with Crippen LogP contribution in [0.4, 0.5) is 5.69 Å². The Labute approximate surface area is 148 Å². The molecular formula is C19H22NO4P. The third-order valence-corrected chi connectivity index (χ3v) is 7.04. The number of aryl methyl sites for hydroxylation is 1. The van der Waals surface area contributed by atoms with Crippen LogP contribution in [0.2, 0.25) is 0 Å². The minimum absolute atomic E-state index is 0.110.